The van der Waals surface area contributed by atoms with E-state index < -0.39 is 0 Å². The lowest BCUT2D eigenvalue weighted by Gasteiger charge is -2.21. The molecule has 2 aromatic rings. The Morgan fingerprint density at radius 3 is 2.48 bits per heavy atom. The van der Waals surface area contributed by atoms with Crippen molar-refractivity contribution in [3.63, 3.8) is 0 Å². The Kier molecular flexibility index (Phi) is 5.18. The molecule has 1 unspecified atom stereocenters. The molecule has 0 bridgehead atoms. The van der Waals surface area contributed by atoms with Crippen molar-refractivity contribution >= 4 is 0 Å². The summed E-state index contributed by atoms with van der Waals surface area (Å²) in [5.41, 5.74) is 6.43. The molecule has 1 aromatic heterocycles. The molecule has 0 aliphatic heterocycles. The summed E-state index contributed by atoms with van der Waals surface area (Å²) in [5, 5.41) is 8.33. The van der Waals surface area contributed by atoms with Gasteiger partial charge < -0.3 is 5.32 Å². The van der Waals surface area contributed by atoms with Gasteiger partial charge in [-0.2, -0.15) is 5.10 Å². The number of aryl methyl sites for hydroxylation is 4. The highest BCUT2D eigenvalue weighted by atomic mass is 15.3. The van der Waals surface area contributed by atoms with Crippen LogP contribution in [0.4, 0.5) is 0 Å². The predicted octanol–water partition coefficient (Wildman–Crippen LogP) is 3.78. The Hall–Kier alpha value is -1.61. The Labute approximate surface area is 128 Å². The van der Waals surface area contributed by atoms with E-state index in [4.69, 9.17) is 5.10 Å². The van der Waals surface area contributed by atoms with E-state index in [1.807, 2.05) is 0 Å². The Morgan fingerprint density at radius 2 is 1.90 bits per heavy atom. The van der Waals surface area contributed by atoms with Gasteiger partial charge in [0.25, 0.3) is 0 Å². The molecule has 0 aliphatic rings. The fraction of sp³-hybridized carbons (Fsp3) is 0.500. The van der Waals surface area contributed by atoms with Gasteiger partial charge in [-0.1, -0.05) is 37.6 Å². The molecular weight excluding hydrogens is 258 g/mol. The molecule has 0 radical (unpaired) electrons. The van der Waals surface area contributed by atoms with E-state index >= 15 is 0 Å². The summed E-state index contributed by atoms with van der Waals surface area (Å²) in [4.78, 5) is 0. The third kappa shape index (κ3) is 3.35. The van der Waals surface area contributed by atoms with E-state index in [1.54, 1.807) is 0 Å². The minimum atomic E-state index is 0.211. The molecule has 1 aromatic carbocycles. The molecule has 0 fully saturated rings. The van der Waals surface area contributed by atoms with Gasteiger partial charge in [-0.05, 0) is 50.9 Å². The summed E-state index contributed by atoms with van der Waals surface area (Å²) < 4.78 is 2.13. The maximum Gasteiger partial charge on any atom is 0.0750 e. The zero-order valence-corrected chi connectivity index (χ0v) is 13.9. The van der Waals surface area contributed by atoms with Gasteiger partial charge in [0.2, 0.25) is 0 Å². The van der Waals surface area contributed by atoms with Crippen LogP contribution in [0.15, 0.2) is 24.3 Å². The average Bonchev–Trinajstić information content (AvgIpc) is 2.88. The molecule has 3 heteroatoms. The van der Waals surface area contributed by atoms with E-state index in [2.05, 4.69) is 68.9 Å². The molecule has 1 heterocycles. The third-order valence-corrected chi connectivity index (χ3v) is 3.96. The molecule has 21 heavy (non-hydrogen) atoms. The number of nitrogens with one attached hydrogen (secondary N) is 1. The first-order valence-electron chi connectivity index (χ1n) is 7.97. The smallest absolute Gasteiger partial charge is 0.0750 e. The van der Waals surface area contributed by atoms with E-state index in [0.717, 1.165) is 19.5 Å². The molecule has 0 amide bonds. The molecule has 0 spiro atoms. The molecule has 114 valence electrons. The molecule has 0 aliphatic carbocycles. The first kappa shape index (κ1) is 15.8. The van der Waals surface area contributed by atoms with Gasteiger partial charge >= 0.3 is 0 Å². The van der Waals surface area contributed by atoms with E-state index in [0.29, 0.717) is 0 Å². The molecule has 2 rings (SSSR count). The summed E-state index contributed by atoms with van der Waals surface area (Å²) in [5.74, 6) is 0. The van der Waals surface area contributed by atoms with Gasteiger partial charge in [0.1, 0.15) is 0 Å². The molecule has 1 atom stereocenters. The topological polar surface area (TPSA) is 29.9 Å². The number of benzene rings is 1. The largest absolute Gasteiger partial charge is 0.305 e. The second-order valence-electron chi connectivity index (χ2n) is 5.58. The van der Waals surface area contributed by atoms with Crippen LogP contribution in [0.1, 0.15) is 54.9 Å². The Bertz CT molecular complexity index is 599. The van der Waals surface area contributed by atoms with Crippen LogP contribution in [0.25, 0.3) is 0 Å². The van der Waals surface area contributed by atoms with Gasteiger partial charge in [-0.15, -0.1) is 0 Å². The van der Waals surface area contributed by atoms with Crippen molar-refractivity contribution in [2.45, 2.75) is 53.6 Å². The summed E-state index contributed by atoms with van der Waals surface area (Å²) >= 11 is 0. The lowest BCUT2D eigenvalue weighted by molar-refractivity contribution is 0.539. The van der Waals surface area contributed by atoms with Crippen LogP contribution in [0.3, 0.4) is 0 Å². The van der Waals surface area contributed by atoms with Gasteiger partial charge in [-0.3, -0.25) is 4.68 Å². The van der Waals surface area contributed by atoms with Crippen LogP contribution in [-0.2, 0) is 13.0 Å². The number of rotatable bonds is 6. The fourth-order valence-corrected chi connectivity index (χ4v) is 2.87. The van der Waals surface area contributed by atoms with Crippen LogP contribution >= 0.6 is 0 Å². The van der Waals surface area contributed by atoms with Gasteiger partial charge in [0.15, 0.2) is 0 Å². The lowest BCUT2D eigenvalue weighted by atomic mass is 9.96. The molecule has 0 saturated carbocycles. The number of hydrogen-bond donors (Lipinski definition) is 1. The number of nitrogens with zero attached hydrogens (tertiary/aromatic N) is 2. The number of aromatic nitrogens is 2. The van der Waals surface area contributed by atoms with Crippen molar-refractivity contribution in [2.75, 3.05) is 6.54 Å². The van der Waals surface area contributed by atoms with Crippen molar-refractivity contribution in [3.8, 4) is 0 Å². The van der Waals surface area contributed by atoms with Crippen LogP contribution in [-0.4, -0.2) is 16.3 Å². The van der Waals surface area contributed by atoms with Gasteiger partial charge in [-0.25, -0.2) is 0 Å². The van der Waals surface area contributed by atoms with Crippen LogP contribution in [0.5, 0.6) is 0 Å². The van der Waals surface area contributed by atoms with Crippen molar-refractivity contribution in [1.82, 2.24) is 15.1 Å². The highest BCUT2D eigenvalue weighted by Crippen LogP contribution is 2.26. The highest BCUT2D eigenvalue weighted by molar-refractivity contribution is 5.37. The van der Waals surface area contributed by atoms with Crippen molar-refractivity contribution < 1.29 is 0 Å². The quantitative estimate of drug-likeness (QED) is 0.875. The Balaban J connectivity index is 2.50. The molecule has 0 saturated heterocycles. The molecule has 3 nitrogen and oxygen atoms in total. The second-order valence-corrected chi connectivity index (χ2v) is 5.58. The Morgan fingerprint density at radius 1 is 1.14 bits per heavy atom. The zero-order chi connectivity index (χ0) is 15.4. The number of hydrogen-bond acceptors (Lipinski definition) is 2. The van der Waals surface area contributed by atoms with Crippen LogP contribution in [0, 0.1) is 13.8 Å². The van der Waals surface area contributed by atoms with E-state index in [1.165, 1.54) is 28.1 Å². The van der Waals surface area contributed by atoms with Gasteiger partial charge in [0, 0.05) is 6.54 Å². The third-order valence-electron chi connectivity index (χ3n) is 3.96. The molecule has 1 N–H and O–H groups in total. The van der Waals surface area contributed by atoms with Crippen LogP contribution < -0.4 is 5.32 Å². The zero-order valence-electron chi connectivity index (χ0n) is 13.9. The standard InChI is InChI=1S/C18H27N3/c1-6-15-12-17(21(8-3)20-15)18(19-7-2)16-10-9-13(4)11-14(16)5/h9-12,18-19H,6-8H2,1-5H3. The predicted molar refractivity (Wildman–Crippen MR) is 88.7 cm³/mol. The highest BCUT2D eigenvalue weighted by Gasteiger charge is 2.20. The first-order valence-corrected chi connectivity index (χ1v) is 7.97. The summed E-state index contributed by atoms with van der Waals surface area (Å²) in [7, 11) is 0. The molecular formula is C18H27N3. The first-order chi connectivity index (χ1) is 10.1. The van der Waals surface area contributed by atoms with E-state index in [-0.39, 0.29) is 6.04 Å². The second kappa shape index (κ2) is 6.90. The fourth-order valence-electron chi connectivity index (χ4n) is 2.87. The maximum absolute atomic E-state index is 4.70. The minimum Gasteiger partial charge on any atom is -0.305 e. The van der Waals surface area contributed by atoms with Gasteiger partial charge in [0.05, 0.1) is 17.4 Å². The van der Waals surface area contributed by atoms with Crippen LogP contribution in [0.2, 0.25) is 0 Å². The summed E-state index contributed by atoms with van der Waals surface area (Å²) in [6.07, 6.45) is 0.978. The van der Waals surface area contributed by atoms with Crippen molar-refractivity contribution in [3.05, 3.63) is 52.3 Å². The SMILES string of the molecule is CCNC(c1ccc(C)cc1C)c1cc(CC)nn1CC. The van der Waals surface area contributed by atoms with Crippen molar-refractivity contribution in [1.29, 1.82) is 0 Å². The van der Waals surface area contributed by atoms with Crippen molar-refractivity contribution in [2.24, 2.45) is 0 Å². The minimum absolute atomic E-state index is 0.211. The summed E-state index contributed by atoms with van der Waals surface area (Å²) in [6, 6.07) is 9.16. The normalized spacial score (nSPS) is 12.6. The lowest BCUT2D eigenvalue weighted by Crippen LogP contribution is -2.25. The monoisotopic (exact) mass is 285 g/mol. The van der Waals surface area contributed by atoms with E-state index in [9.17, 15) is 0 Å². The summed E-state index contributed by atoms with van der Waals surface area (Å²) in [6.45, 7) is 12.7. The maximum atomic E-state index is 4.70. The average molecular weight is 285 g/mol.